The molecule has 1 atom stereocenters. The van der Waals surface area contributed by atoms with Crippen molar-refractivity contribution in [1.82, 2.24) is 14.7 Å². The first kappa shape index (κ1) is 14.4. The van der Waals surface area contributed by atoms with Gasteiger partial charge in [0.2, 0.25) is 0 Å². The van der Waals surface area contributed by atoms with Crippen LogP contribution < -0.4 is 0 Å². The minimum atomic E-state index is 0.387. The molecular weight excluding hydrogens is 266 g/mol. The number of rotatable bonds is 5. The van der Waals surface area contributed by atoms with Crippen LogP contribution in [0.1, 0.15) is 35.6 Å². The number of aromatic nitrogens is 2. The zero-order valence-electron chi connectivity index (χ0n) is 13.0. The van der Waals surface area contributed by atoms with Crippen molar-refractivity contribution in [2.24, 2.45) is 7.05 Å². The van der Waals surface area contributed by atoms with Gasteiger partial charge in [-0.05, 0) is 26.0 Å². The molecule has 0 saturated carbocycles. The predicted octanol–water partition coefficient (Wildman–Crippen LogP) is 2.46. The van der Waals surface area contributed by atoms with Crippen LogP contribution in [-0.2, 0) is 24.9 Å². The van der Waals surface area contributed by atoms with Crippen LogP contribution in [-0.4, -0.2) is 34.4 Å². The van der Waals surface area contributed by atoms with Gasteiger partial charge in [0.15, 0.2) is 0 Å². The van der Waals surface area contributed by atoms with E-state index in [2.05, 4.69) is 22.3 Å². The maximum Gasteiger partial charge on any atom is 0.118 e. The maximum absolute atomic E-state index is 5.70. The van der Waals surface area contributed by atoms with E-state index in [9.17, 15) is 0 Å². The molecule has 114 valence electrons. The van der Waals surface area contributed by atoms with E-state index in [1.807, 2.05) is 31.6 Å². The summed E-state index contributed by atoms with van der Waals surface area (Å²) >= 11 is 0. The van der Waals surface area contributed by atoms with Crippen LogP contribution in [0.25, 0.3) is 0 Å². The van der Waals surface area contributed by atoms with Crippen LogP contribution in [0.5, 0.6) is 0 Å². The molecule has 3 heterocycles. The molecule has 0 aliphatic carbocycles. The SMILES string of the molecule is CCOC[C@@H]1CN(Cc2ccc(C)o2)Cc2nn(C)cc21. The normalized spacial score (nSPS) is 18.9. The van der Waals surface area contributed by atoms with Crippen LogP contribution >= 0.6 is 0 Å². The summed E-state index contributed by atoms with van der Waals surface area (Å²) in [5.74, 6) is 2.37. The minimum Gasteiger partial charge on any atom is -0.465 e. The molecule has 0 N–H and O–H groups in total. The first-order valence-electron chi connectivity index (χ1n) is 7.53. The van der Waals surface area contributed by atoms with E-state index in [0.717, 1.165) is 50.1 Å². The van der Waals surface area contributed by atoms with Crippen LogP contribution in [0.15, 0.2) is 22.7 Å². The van der Waals surface area contributed by atoms with Gasteiger partial charge in [-0.15, -0.1) is 0 Å². The van der Waals surface area contributed by atoms with E-state index < -0.39 is 0 Å². The smallest absolute Gasteiger partial charge is 0.118 e. The molecule has 21 heavy (non-hydrogen) atoms. The fraction of sp³-hybridized carbons (Fsp3) is 0.562. The first-order valence-corrected chi connectivity index (χ1v) is 7.53. The average molecular weight is 289 g/mol. The predicted molar refractivity (Wildman–Crippen MR) is 80.0 cm³/mol. The number of furan rings is 1. The molecule has 2 aromatic rings. The van der Waals surface area contributed by atoms with Gasteiger partial charge >= 0.3 is 0 Å². The quantitative estimate of drug-likeness (QED) is 0.848. The van der Waals surface area contributed by atoms with Crippen molar-refractivity contribution in [3.05, 3.63) is 41.1 Å². The van der Waals surface area contributed by atoms with Crippen molar-refractivity contribution >= 4 is 0 Å². The van der Waals surface area contributed by atoms with E-state index >= 15 is 0 Å². The Hall–Kier alpha value is -1.59. The van der Waals surface area contributed by atoms with Gasteiger partial charge in [-0.2, -0.15) is 5.10 Å². The van der Waals surface area contributed by atoms with Gasteiger partial charge in [0.05, 0.1) is 18.8 Å². The topological polar surface area (TPSA) is 43.4 Å². The van der Waals surface area contributed by atoms with Crippen molar-refractivity contribution < 1.29 is 9.15 Å². The number of hydrogen-bond donors (Lipinski definition) is 0. The molecule has 2 aromatic heterocycles. The Morgan fingerprint density at radius 2 is 2.29 bits per heavy atom. The zero-order valence-corrected chi connectivity index (χ0v) is 13.0. The molecule has 1 aliphatic rings. The zero-order chi connectivity index (χ0) is 14.8. The van der Waals surface area contributed by atoms with E-state index in [1.54, 1.807) is 0 Å². The molecule has 5 nitrogen and oxygen atoms in total. The van der Waals surface area contributed by atoms with Gasteiger partial charge in [-0.25, -0.2) is 0 Å². The first-order chi connectivity index (χ1) is 10.2. The molecule has 1 aliphatic heterocycles. The lowest BCUT2D eigenvalue weighted by Crippen LogP contribution is -2.34. The number of hydrogen-bond acceptors (Lipinski definition) is 4. The Labute approximate surface area is 125 Å². The molecule has 0 spiro atoms. The summed E-state index contributed by atoms with van der Waals surface area (Å²) in [7, 11) is 1.98. The van der Waals surface area contributed by atoms with Crippen LogP contribution in [0, 0.1) is 6.92 Å². The van der Waals surface area contributed by atoms with E-state index in [0.29, 0.717) is 5.92 Å². The van der Waals surface area contributed by atoms with Crippen molar-refractivity contribution in [3.8, 4) is 0 Å². The van der Waals surface area contributed by atoms with Crippen molar-refractivity contribution in [1.29, 1.82) is 0 Å². The lowest BCUT2D eigenvalue weighted by atomic mass is 9.95. The van der Waals surface area contributed by atoms with Gasteiger partial charge in [0.1, 0.15) is 11.5 Å². The molecule has 0 bridgehead atoms. The van der Waals surface area contributed by atoms with Crippen LogP contribution in [0.4, 0.5) is 0 Å². The van der Waals surface area contributed by atoms with Gasteiger partial charge < -0.3 is 9.15 Å². The Kier molecular flexibility index (Phi) is 4.12. The monoisotopic (exact) mass is 289 g/mol. The molecule has 0 amide bonds. The summed E-state index contributed by atoms with van der Waals surface area (Å²) in [5.41, 5.74) is 2.49. The third-order valence-electron chi connectivity index (χ3n) is 3.93. The van der Waals surface area contributed by atoms with Gasteiger partial charge in [0.25, 0.3) is 0 Å². The Bertz CT molecular complexity index is 602. The second kappa shape index (κ2) is 6.03. The maximum atomic E-state index is 5.70. The molecule has 0 radical (unpaired) electrons. The highest BCUT2D eigenvalue weighted by atomic mass is 16.5. The fourth-order valence-electron chi connectivity index (χ4n) is 3.02. The number of fused-ring (bicyclic) bond motifs is 1. The van der Waals surface area contributed by atoms with Gasteiger partial charge in [-0.1, -0.05) is 0 Å². The summed E-state index contributed by atoms with van der Waals surface area (Å²) in [6.07, 6.45) is 2.13. The van der Waals surface area contributed by atoms with E-state index in [-0.39, 0.29) is 0 Å². The third kappa shape index (κ3) is 3.19. The lowest BCUT2D eigenvalue weighted by molar-refractivity contribution is 0.102. The third-order valence-corrected chi connectivity index (χ3v) is 3.93. The molecule has 5 heteroatoms. The number of aryl methyl sites for hydroxylation is 2. The summed E-state index contributed by atoms with van der Waals surface area (Å²) in [6.45, 7) is 8.21. The molecule has 3 rings (SSSR count). The summed E-state index contributed by atoms with van der Waals surface area (Å²) in [4.78, 5) is 2.39. The minimum absolute atomic E-state index is 0.387. The van der Waals surface area contributed by atoms with Crippen molar-refractivity contribution in [2.75, 3.05) is 19.8 Å². The van der Waals surface area contributed by atoms with Crippen LogP contribution in [0.2, 0.25) is 0 Å². The average Bonchev–Trinajstić information content (AvgIpc) is 3.01. The van der Waals surface area contributed by atoms with Gasteiger partial charge in [0, 0.05) is 44.4 Å². The van der Waals surface area contributed by atoms with Gasteiger partial charge in [-0.3, -0.25) is 9.58 Å². The highest BCUT2D eigenvalue weighted by Gasteiger charge is 2.28. The number of nitrogens with zero attached hydrogens (tertiary/aromatic N) is 3. The second-order valence-corrected chi connectivity index (χ2v) is 5.74. The molecular formula is C16H23N3O2. The Morgan fingerprint density at radius 3 is 3.00 bits per heavy atom. The largest absolute Gasteiger partial charge is 0.465 e. The van der Waals surface area contributed by atoms with Crippen LogP contribution in [0.3, 0.4) is 0 Å². The van der Waals surface area contributed by atoms with E-state index in [4.69, 9.17) is 9.15 Å². The molecule has 0 fully saturated rings. The van der Waals surface area contributed by atoms with Crippen molar-refractivity contribution in [3.63, 3.8) is 0 Å². The molecule has 0 saturated heterocycles. The second-order valence-electron chi connectivity index (χ2n) is 5.74. The Morgan fingerprint density at radius 1 is 1.43 bits per heavy atom. The highest BCUT2D eigenvalue weighted by Crippen LogP contribution is 2.28. The van der Waals surface area contributed by atoms with E-state index in [1.165, 1.54) is 5.56 Å². The Balaban J connectivity index is 1.76. The standard InChI is InChI=1S/C16H23N3O2/c1-4-20-11-13-7-19(8-14-6-5-12(2)21-14)10-16-15(13)9-18(3)17-16/h5-6,9,13H,4,7-8,10-11H2,1-3H3/t13-/m0/s1. The molecule has 0 unspecified atom stereocenters. The summed E-state index contributed by atoms with van der Waals surface area (Å²) < 4.78 is 13.3. The lowest BCUT2D eigenvalue weighted by Gasteiger charge is -2.31. The fourth-order valence-corrected chi connectivity index (χ4v) is 3.02. The highest BCUT2D eigenvalue weighted by molar-refractivity contribution is 5.25. The summed E-state index contributed by atoms with van der Waals surface area (Å²) in [5, 5.41) is 4.60. The number of ether oxygens (including phenoxy) is 1. The molecule has 0 aromatic carbocycles. The summed E-state index contributed by atoms with van der Waals surface area (Å²) in [6, 6.07) is 4.07. The van der Waals surface area contributed by atoms with Crippen molar-refractivity contribution in [2.45, 2.75) is 32.9 Å².